The minimum atomic E-state index is -0.463. The molecule has 0 aliphatic carbocycles. The van der Waals surface area contributed by atoms with Crippen molar-refractivity contribution in [2.75, 3.05) is 7.11 Å². The minimum absolute atomic E-state index is 0.263. The number of hydrogen-bond acceptors (Lipinski definition) is 5. The fourth-order valence-corrected chi connectivity index (χ4v) is 2.75. The molecule has 0 saturated carbocycles. The second-order valence-electron chi connectivity index (χ2n) is 3.79. The second-order valence-corrected chi connectivity index (χ2v) is 5.47. The van der Waals surface area contributed by atoms with Crippen LogP contribution in [0, 0.1) is 18.5 Å². The Morgan fingerprint density at radius 1 is 1.44 bits per heavy atom. The molecule has 18 heavy (non-hydrogen) atoms. The maximum atomic E-state index is 11.6. The molecular formula is C12H12N2O2S2. The maximum absolute atomic E-state index is 11.6. The van der Waals surface area contributed by atoms with Crippen LogP contribution in [0.3, 0.4) is 0 Å². The highest BCUT2D eigenvalue weighted by Crippen LogP contribution is 2.25. The Morgan fingerprint density at radius 2 is 2.17 bits per heavy atom. The molecule has 2 aromatic heterocycles. The van der Waals surface area contributed by atoms with E-state index in [-0.39, 0.29) is 4.64 Å². The molecule has 0 aliphatic heterocycles. The van der Waals surface area contributed by atoms with Crippen molar-refractivity contribution in [3.63, 3.8) is 0 Å². The number of aromatic amines is 1. The van der Waals surface area contributed by atoms with E-state index >= 15 is 0 Å². The number of methoxy groups -OCH3 is 1. The summed E-state index contributed by atoms with van der Waals surface area (Å²) in [5.41, 5.74) is 0.993. The van der Waals surface area contributed by atoms with Crippen molar-refractivity contribution < 1.29 is 9.53 Å². The third-order valence-corrected chi connectivity index (χ3v) is 3.77. The first-order valence-corrected chi connectivity index (χ1v) is 6.51. The highest BCUT2D eigenvalue weighted by Gasteiger charge is 2.15. The molecule has 0 aliphatic rings. The Labute approximate surface area is 114 Å². The molecule has 0 aromatic carbocycles. The van der Waals surface area contributed by atoms with Crippen LogP contribution in [-0.4, -0.2) is 23.0 Å². The number of H-pyrrole nitrogens is 1. The van der Waals surface area contributed by atoms with Crippen molar-refractivity contribution in [2.24, 2.45) is 0 Å². The summed E-state index contributed by atoms with van der Waals surface area (Å²) >= 11 is 6.77. The Hall–Kier alpha value is -1.53. The molecular weight excluding hydrogens is 268 g/mol. The summed E-state index contributed by atoms with van der Waals surface area (Å²) in [6.45, 7) is 3.81. The lowest BCUT2D eigenvalue weighted by molar-refractivity contribution is 0.0598. The van der Waals surface area contributed by atoms with Gasteiger partial charge in [-0.05, 0) is 26.0 Å². The topological polar surface area (TPSA) is 55.0 Å². The fraction of sp³-hybridized carbons (Fsp3) is 0.250. The molecule has 0 amide bonds. The Balaban J connectivity index is 2.56. The molecule has 0 radical (unpaired) electrons. The van der Waals surface area contributed by atoms with Crippen molar-refractivity contribution in [2.45, 2.75) is 13.8 Å². The lowest BCUT2D eigenvalue weighted by Crippen LogP contribution is -2.08. The number of aromatic nitrogens is 2. The van der Waals surface area contributed by atoms with E-state index in [1.807, 2.05) is 19.1 Å². The van der Waals surface area contributed by atoms with Crippen molar-refractivity contribution in [3.05, 3.63) is 32.9 Å². The predicted octanol–water partition coefficient (Wildman–Crippen LogP) is 3.27. The van der Waals surface area contributed by atoms with Gasteiger partial charge in [-0.1, -0.05) is 12.2 Å². The zero-order chi connectivity index (χ0) is 13.3. The first-order chi connectivity index (χ1) is 8.52. The molecule has 0 fully saturated rings. The van der Waals surface area contributed by atoms with E-state index in [4.69, 9.17) is 12.2 Å². The van der Waals surface area contributed by atoms with Gasteiger partial charge in [-0.2, -0.15) is 0 Å². The highest BCUT2D eigenvalue weighted by molar-refractivity contribution is 7.71. The number of hydrogen-bond donors (Lipinski definition) is 1. The average Bonchev–Trinajstić information content (AvgIpc) is 2.74. The Morgan fingerprint density at radius 3 is 2.67 bits per heavy atom. The van der Waals surface area contributed by atoms with E-state index in [1.165, 1.54) is 12.0 Å². The van der Waals surface area contributed by atoms with Crippen LogP contribution in [-0.2, 0) is 4.74 Å². The standard InChI is InChI=1S/C12H12N2O2S2/c1-6-4-5-8(18-6)10-13-7(2)9(11(17)14-10)12(15)16-3/h4-5H,1-3H3,(H,13,14,17). The molecule has 0 unspecified atom stereocenters. The van der Waals surface area contributed by atoms with Crippen LogP contribution >= 0.6 is 23.6 Å². The van der Waals surface area contributed by atoms with E-state index in [9.17, 15) is 4.79 Å². The van der Waals surface area contributed by atoms with Crippen LogP contribution in [0.4, 0.5) is 0 Å². The summed E-state index contributed by atoms with van der Waals surface area (Å²) in [5.74, 6) is 0.221. The monoisotopic (exact) mass is 280 g/mol. The highest BCUT2D eigenvalue weighted by atomic mass is 32.1. The van der Waals surface area contributed by atoms with Gasteiger partial charge in [0.05, 0.1) is 12.0 Å². The zero-order valence-electron chi connectivity index (χ0n) is 10.2. The molecule has 6 heteroatoms. The number of rotatable bonds is 2. The quantitative estimate of drug-likeness (QED) is 0.677. The van der Waals surface area contributed by atoms with Crippen LogP contribution in [0.5, 0.6) is 0 Å². The van der Waals surface area contributed by atoms with Crippen molar-refractivity contribution in [1.29, 1.82) is 0 Å². The number of ether oxygens (including phenoxy) is 1. The summed E-state index contributed by atoms with van der Waals surface area (Å²) in [6.07, 6.45) is 0. The van der Waals surface area contributed by atoms with Crippen LogP contribution in [0.1, 0.15) is 20.9 Å². The third-order valence-electron chi connectivity index (χ3n) is 2.47. The van der Waals surface area contributed by atoms with E-state index in [1.54, 1.807) is 18.3 Å². The van der Waals surface area contributed by atoms with Gasteiger partial charge < -0.3 is 9.72 Å². The molecule has 94 valence electrons. The van der Waals surface area contributed by atoms with Crippen LogP contribution < -0.4 is 0 Å². The van der Waals surface area contributed by atoms with Gasteiger partial charge in [0.25, 0.3) is 0 Å². The molecule has 2 aromatic rings. The fourth-order valence-electron chi connectivity index (χ4n) is 1.61. The molecule has 1 N–H and O–H groups in total. The Kier molecular flexibility index (Phi) is 3.58. The Bertz CT molecular complexity index is 658. The number of aryl methyl sites for hydroxylation is 2. The molecule has 0 spiro atoms. The van der Waals surface area contributed by atoms with Crippen LogP contribution in [0.25, 0.3) is 10.7 Å². The lowest BCUT2D eigenvalue weighted by atomic mass is 10.2. The van der Waals surface area contributed by atoms with Crippen molar-refractivity contribution >= 4 is 29.5 Å². The largest absolute Gasteiger partial charge is 0.465 e. The first-order valence-electron chi connectivity index (χ1n) is 5.29. The second kappa shape index (κ2) is 4.99. The van der Waals surface area contributed by atoms with Gasteiger partial charge in [-0.15, -0.1) is 11.3 Å². The van der Waals surface area contributed by atoms with E-state index < -0.39 is 5.97 Å². The lowest BCUT2D eigenvalue weighted by Gasteiger charge is -2.06. The minimum Gasteiger partial charge on any atom is -0.465 e. The predicted molar refractivity (Wildman–Crippen MR) is 73.5 cm³/mol. The van der Waals surface area contributed by atoms with E-state index in [0.717, 1.165) is 4.88 Å². The van der Waals surface area contributed by atoms with Crippen molar-refractivity contribution in [3.8, 4) is 10.7 Å². The van der Waals surface area contributed by atoms with Gasteiger partial charge in [0.2, 0.25) is 0 Å². The number of carbonyl (C=O) groups is 1. The molecule has 2 heterocycles. The third kappa shape index (κ3) is 2.34. The SMILES string of the molecule is COC(=O)c1c(C)[nH]c(-c2ccc(C)s2)nc1=S. The summed E-state index contributed by atoms with van der Waals surface area (Å²) in [7, 11) is 1.33. The van der Waals surface area contributed by atoms with Gasteiger partial charge in [0, 0.05) is 10.6 Å². The van der Waals surface area contributed by atoms with E-state index in [0.29, 0.717) is 17.1 Å². The summed E-state index contributed by atoms with van der Waals surface area (Å²) in [4.78, 5) is 21.1. The van der Waals surface area contributed by atoms with Gasteiger partial charge in [-0.25, -0.2) is 9.78 Å². The summed E-state index contributed by atoms with van der Waals surface area (Å²) in [6, 6.07) is 3.99. The normalized spacial score (nSPS) is 10.4. The number of thiophene rings is 1. The number of esters is 1. The molecule has 4 nitrogen and oxygen atoms in total. The summed E-state index contributed by atoms with van der Waals surface area (Å²) in [5, 5.41) is 0. The maximum Gasteiger partial charge on any atom is 0.342 e. The number of nitrogens with one attached hydrogen (secondary N) is 1. The average molecular weight is 280 g/mol. The molecule has 0 atom stereocenters. The molecule has 0 saturated heterocycles. The van der Waals surface area contributed by atoms with Crippen molar-refractivity contribution in [1.82, 2.24) is 9.97 Å². The molecule has 0 bridgehead atoms. The van der Waals surface area contributed by atoms with E-state index in [2.05, 4.69) is 14.7 Å². The van der Waals surface area contributed by atoms with Gasteiger partial charge in [-0.3, -0.25) is 0 Å². The number of carbonyl (C=O) groups excluding carboxylic acids is 1. The first kappa shape index (κ1) is 12.9. The number of nitrogens with zero attached hydrogens (tertiary/aromatic N) is 1. The van der Waals surface area contributed by atoms with Crippen LogP contribution in [0.15, 0.2) is 12.1 Å². The van der Waals surface area contributed by atoms with Gasteiger partial charge >= 0.3 is 5.97 Å². The van der Waals surface area contributed by atoms with Crippen LogP contribution in [0.2, 0.25) is 0 Å². The summed E-state index contributed by atoms with van der Waals surface area (Å²) < 4.78 is 4.95. The zero-order valence-corrected chi connectivity index (χ0v) is 11.9. The smallest absolute Gasteiger partial charge is 0.342 e. The van der Waals surface area contributed by atoms with Gasteiger partial charge in [0.15, 0.2) is 0 Å². The molecule has 2 rings (SSSR count). The van der Waals surface area contributed by atoms with Gasteiger partial charge in [0.1, 0.15) is 16.0 Å².